The fraction of sp³-hybridized carbons (Fsp3) is 0.375. The van der Waals surface area contributed by atoms with Crippen LogP contribution in [0.3, 0.4) is 0 Å². The molecule has 2 aliphatic rings. The van der Waals surface area contributed by atoms with Crippen LogP contribution in [0.4, 0.5) is 13.2 Å². The second-order valence-electron chi connectivity index (χ2n) is 8.27. The second kappa shape index (κ2) is 8.32. The number of carbonyl (C=O) groups is 1. The van der Waals surface area contributed by atoms with Crippen LogP contribution < -0.4 is 5.32 Å². The predicted molar refractivity (Wildman–Crippen MR) is 116 cm³/mol. The van der Waals surface area contributed by atoms with Gasteiger partial charge in [-0.05, 0) is 61.2 Å². The van der Waals surface area contributed by atoms with Crippen molar-refractivity contribution < 1.29 is 18.0 Å². The van der Waals surface area contributed by atoms with Crippen LogP contribution in [-0.4, -0.2) is 30.9 Å². The molecule has 1 aliphatic heterocycles. The summed E-state index contributed by atoms with van der Waals surface area (Å²) in [5.41, 5.74) is 1.57. The molecule has 1 unspecified atom stereocenters. The van der Waals surface area contributed by atoms with E-state index in [1.54, 1.807) is 4.90 Å². The molecule has 0 aromatic heterocycles. The minimum atomic E-state index is -4.46. The molecule has 1 atom stereocenters. The molecule has 31 heavy (non-hydrogen) atoms. The Kier molecular flexibility index (Phi) is 5.88. The molecule has 1 N–H and O–H groups in total. The van der Waals surface area contributed by atoms with Gasteiger partial charge in [0, 0.05) is 35.6 Å². The summed E-state index contributed by atoms with van der Waals surface area (Å²) in [5.74, 6) is -0.269. The molecule has 1 saturated heterocycles. The van der Waals surface area contributed by atoms with E-state index in [1.807, 2.05) is 19.2 Å². The summed E-state index contributed by atoms with van der Waals surface area (Å²) < 4.78 is 39.5. The molecule has 2 aromatic rings. The van der Waals surface area contributed by atoms with Crippen LogP contribution >= 0.6 is 11.6 Å². The van der Waals surface area contributed by atoms with Crippen molar-refractivity contribution in [3.8, 4) is 0 Å². The first-order valence-electron chi connectivity index (χ1n) is 10.3. The molecule has 1 heterocycles. The number of hydrogen-bond acceptors (Lipinski definition) is 2. The summed E-state index contributed by atoms with van der Waals surface area (Å²) in [6, 6.07) is 11.5. The van der Waals surface area contributed by atoms with E-state index < -0.39 is 11.7 Å². The first-order chi connectivity index (χ1) is 14.7. The number of likely N-dealkylation sites (tertiary alicyclic amines) is 1. The second-order valence-corrected chi connectivity index (χ2v) is 8.68. The fourth-order valence-corrected chi connectivity index (χ4v) is 5.41. The van der Waals surface area contributed by atoms with Gasteiger partial charge < -0.3 is 10.2 Å². The quantitative estimate of drug-likeness (QED) is 0.620. The topological polar surface area (TPSA) is 32.3 Å². The normalized spacial score (nSPS) is 20.4. The van der Waals surface area contributed by atoms with Gasteiger partial charge in [0.15, 0.2) is 0 Å². The largest absolute Gasteiger partial charge is 0.416 e. The van der Waals surface area contributed by atoms with Gasteiger partial charge in [0.05, 0.1) is 5.56 Å². The summed E-state index contributed by atoms with van der Waals surface area (Å²) in [4.78, 5) is 14.4. The summed E-state index contributed by atoms with van der Waals surface area (Å²) in [7, 11) is 1.94. The maximum atomic E-state index is 13.2. The molecule has 3 nitrogen and oxygen atoms in total. The van der Waals surface area contributed by atoms with Crippen LogP contribution in [0.25, 0.3) is 6.08 Å². The van der Waals surface area contributed by atoms with Gasteiger partial charge in [-0.15, -0.1) is 0 Å². The highest BCUT2D eigenvalue weighted by atomic mass is 35.5. The van der Waals surface area contributed by atoms with Crippen molar-refractivity contribution in [3.63, 3.8) is 0 Å². The Bertz CT molecular complexity index is 1010. The van der Waals surface area contributed by atoms with E-state index in [-0.39, 0.29) is 22.9 Å². The highest BCUT2D eigenvalue weighted by molar-refractivity contribution is 6.31. The van der Waals surface area contributed by atoms with Crippen molar-refractivity contribution in [2.75, 3.05) is 20.1 Å². The number of benzene rings is 2. The molecule has 2 aromatic carbocycles. The van der Waals surface area contributed by atoms with Crippen molar-refractivity contribution in [1.82, 2.24) is 10.2 Å². The van der Waals surface area contributed by atoms with Crippen LogP contribution in [0.5, 0.6) is 0 Å². The smallest absolute Gasteiger partial charge is 0.339 e. The molecule has 1 spiro atoms. The maximum absolute atomic E-state index is 13.2. The Morgan fingerprint density at radius 1 is 1.16 bits per heavy atom. The van der Waals surface area contributed by atoms with Gasteiger partial charge in [-0.25, -0.2) is 0 Å². The van der Waals surface area contributed by atoms with Crippen LogP contribution in [0.1, 0.15) is 47.6 Å². The van der Waals surface area contributed by atoms with E-state index in [4.69, 9.17) is 11.6 Å². The van der Waals surface area contributed by atoms with Crippen molar-refractivity contribution in [1.29, 1.82) is 0 Å². The van der Waals surface area contributed by atoms with E-state index in [2.05, 4.69) is 11.4 Å². The zero-order valence-electron chi connectivity index (χ0n) is 17.2. The Labute approximate surface area is 184 Å². The Morgan fingerprint density at radius 2 is 1.87 bits per heavy atom. The average molecular weight is 449 g/mol. The summed E-state index contributed by atoms with van der Waals surface area (Å²) in [6.07, 6.45) is 0.532. The van der Waals surface area contributed by atoms with Crippen LogP contribution in [-0.2, 0) is 16.4 Å². The van der Waals surface area contributed by atoms with E-state index in [0.29, 0.717) is 13.1 Å². The number of carbonyl (C=O) groups excluding carboxylic acids is 1. The highest BCUT2D eigenvalue weighted by Gasteiger charge is 2.46. The summed E-state index contributed by atoms with van der Waals surface area (Å²) in [5, 5.41) is 4.13. The number of piperidine rings is 1. The van der Waals surface area contributed by atoms with Gasteiger partial charge in [-0.3, -0.25) is 4.79 Å². The number of rotatable bonds is 3. The van der Waals surface area contributed by atoms with E-state index in [9.17, 15) is 18.0 Å². The number of halogens is 4. The average Bonchev–Trinajstić information content (AvgIpc) is 3.06. The van der Waals surface area contributed by atoms with E-state index in [1.165, 1.54) is 41.5 Å². The van der Waals surface area contributed by atoms with Gasteiger partial charge in [0.1, 0.15) is 0 Å². The molecule has 4 rings (SSSR count). The molecule has 164 valence electrons. The zero-order chi connectivity index (χ0) is 22.2. The lowest BCUT2D eigenvalue weighted by atomic mass is 9.73. The van der Waals surface area contributed by atoms with Crippen molar-refractivity contribution in [3.05, 3.63) is 75.8 Å². The molecular formula is C24H24ClF3N2O. The Morgan fingerprint density at radius 3 is 2.55 bits per heavy atom. The zero-order valence-corrected chi connectivity index (χ0v) is 17.9. The number of alkyl halides is 3. The fourth-order valence-electron chi connectivity index (χ4n) is 5.03. The van der Waals surface area contributed by atoms with Gasteiger partial charge in [0.25, 0.3) is 0 Å². The van der Waals surface area contributed by atoms with Gasteiger partial charge in [-0.2, -0.15) is 13.2 Å². The SMILES string of the molecule is CNC1CC2(CCN(C(=O)/C=C/c3ccccc3C(F)(F)F)CC2)c2c(Cl)cccc21. The molecule has 7 heteroatoms. The lowest BCUT2D eigenvalue weighted by Gasteiger charge is -2.40. The molecule has 1 amide bonds. The first kappa shape index (κ1) is 21.9. The van der Waals surface area contributed by atoms with Crippen LogP contribution in [0, 0.1) is 0 Å². The highest BCUT2D eigenvalue weighted by Crippen LogP contribution is 2.53. The minimum Gasteiger partial charge on any atom is -0.339 e. The monoisotopic (exact) mass is 448 g/mol. The molecular weight excluding hydrogens is 425 g/mol. The third-order valence-electron chi connectivity index (χ3n) is 6.60. The lowest BCUT2D eigenvalue weighted by Crippen LogP contribution is -2.44. The molecule has 1 aliphatic carbocycles. The van der Waals surface area contributed by atoms with Crippen molar-refractivity contribution >= 4 is 23.6 Å². The summed E-state index contributed by atoms with van der Waals surface area (Å²) in [6.45, 7) is 1.09. The maximum Gasteiger partial charge on any atom is 0.416 e. The van der Waals surface area contributed by atoms with Gasteiger partial charge in [-0.1, -0.05) is 41.9 Å². The third-order valence-corrected chi connectivity index (χ3v) is 6.91. The number of nitrogens with one attached hydrogen (secondary N) is 1. The van der Waals surface area contributed by atoms with Crippen LogP contribution in [0.2, 0.25) is 5.02 Å². The van der Waals surface area contributed by atoms with E-state index in [0.717, 1.165) is 30.4 Å². The standard InChI is InChI=1S/C24H24ClF3N2O/c1-29-20-15-23(22-17(20)6-4-8-19(22)25)11-13-30(14-12-23)21(31)10-9-16-5-2-3-7-18(16)24(26,27)28/h2-10,20,29H,11-15H2,1H3/b10-9+. The number of amides is 1. The Hall–Kier alpha value is -2.31. The molecule has 0 saturated carbocycles. The van der Waals surface area contributed by atoms with Crippen LogP contribution in [0.15, 0.2) is 48.5 Å². The summed E-state index contributed by atoms with van der Waals surface area (Å²) >= 11 is 6.57. The third kappa shape index (κ3) is 4.11. The number of nitrogens with zero attached hydrogens (tertiary/aromatic N) is 1. The van der Waals surface area contributed by atoms with Crippen molar-refractivity contribution in [2.24, 2.45) is 0 Å². The number of fused-ring (bicyclic) bond motifs is 2. The first-order valence-corrected chi connectivity index (χ1v) is 10.7. The van der Waals surface area contributed by atoms with Gasteiger partial charge >= 0.3 is 6.18 Å². The Balaban J connectivity index is 1.48. The van der Waals surface area contributed by atoms with Gasteiger partial charge in [0.2, 0.25) is 5.91 Å². The molecule has 1 fully saturated rings. The predicted octanol–water partition coefficient (Wildman–Crippen LogP) is 5.60. The number of hydrogen-bond donors (Lipinski definition) is 1. The lowest BCUT2D eigenvalue weighted by molar-refractivity contribution is -0.137. The van der Waals surface area contributed by atoms with E-state index >= 15 is 0 Å². The molecule has 0 bridgehead atoms. The van der Waals surface area contributed by atoms with Crippen molar-refractivity contribution in [2.45, 2.75) is 36.9 Å². The molecule has 0 radical (unpaired) electrons. The minimum absolute atomic E-state index is 0.00908.